The van der Waals surface area contributed by atoms with Crippen LogP contribution in [0.3, 0.4) is 0 Å². The second-order valence-electron chi connectivity index (χ2n) is 7.11. The molecule has 0 saturated carbocycles. The summed E-state index contributed by atoms with van der Waals surface area (Å²) in [7, 11) is 0. The number of carbonyl (C=O) groups is 1. The van der Waals surface area contributed by atoms with Crippen LogP contribution in [0.4, 0.5) is 23.2 Å². The first kappa shape index (κ1) is 22.5. The zero-order valence-corrected chi connectivity index (χ0v) is 17.5. The molecular weight excluding hydrogens is 462 g/mol. The first-order valence-electron chi connectivity index (χ1n) is 9.56. The molecule has 2 aromatic carbocycles. The highest BCUT2D eigenvalue weighted by Gasteiger charge is 2.30. The van der Waals surface area contributed by atoms with E-state index in [0.717, 1.165) is 38.7 Å². The second-order valence-corrected chi connectivity index (χ2v) is 8.03. The molecule has 1 amide bonds. The normalized spacial score (nSPS) is 11.6. The van der Waals surface area contributed by atoms with E-state index >= 15 is 0 Å². The molecule has 2 heterocycles. The zero-order valence-electron chi connectivity index (χ0n) is 16.7. The lowest BCUT2D eigenvalue weighted by atomic mass is 10.2. The number of carbonyl (C=O) groups excluding carboxylic acids is 1. The molecule has 4 aromatic rings. The maximum absolute atomic E-state index is 14.1. The fourth-order valence-corrected chi connectivity index (χ4v) is 4.18. The Morgan fingerprint density at radius 3 is 2.48 bits per heavy atom. The van der Waals surface area contributed by atoms with E-state index < -0.39 is 41.3 Å². The predicted octanol–water partition coefficient (Wildman–Crippen LogP) is 4.07. The summed E-state index contributed by atoms with van der Waals surface area (Å²) < 4.78 is 54.9. The summed E-state index contributed by atoms with van der Waals surface area (Å²) in [6.45, 7) is -0.896. The van der Waals surface area contributed by atoms with Crippen LogP contribution >= 0.6 is 11.3 Å². The van der Waals surface area contributed by atoms with Gasteiger partial charge in [0.2, 0.25) is 5.91 Å². The van der Waals surface area contributed by atoms with Crippen LogP contribution in [0, 0.1) is 5.82 Å². The Hall–Kier alpha value is -3.73. The van der Waals surface area contributed by atoms with E-state index in [9.17, 15) is 31.9 Å². The molecule has 0 radical (unpaired) electrons. The van der Waals surface area contributed by atoms with Crippen molar-refractivity contribution in [3.8, 4) is 0 Å². The second kappa shape index (κ2) is 8.66. The van der Waals surface area contributed by atoms with Gasteiger partial charge < -0.3 is 5.32 Å². The fourth-order valence-electron chi connectivity index (χ4n) is 3.34. The standard InChI is InChI=1S/C22H15F4N3O3S/c23-16-7-2-1-4-13(16)11-29-20(31)19-17(8-9-33-19)28(21(29)32)12-18(30)27-15-6-3-5-14(10-15)22(24,25)26/h1-10H,11-12H2,(H,27,30). The predicted molar refractivity (Wildman–Crippen MR) is 116 cm³/mol. The van der Waals surface area contributed by atoms with Crippen LogP contribution in [0.2, 0.25) is 0 Å². The van der Waals surface area contributed by atoms with Crippen molar-refractivity contribution in [2.75, 3.05) is 5.32 Å². The molecule has 0 unspecified atom stereocenters. The maximum atomic E-state index is 14.1. The van der Waals surface area contributed by atoms with E-state index in [4.69, 9.17) is 0 Å². The number of nitrogens with zero attached hydrogens (tertiary/aromatic N) is 2. The topological polar surface area (TPSA) is 73.1 Å². The number of rotatable bonds is 5. The number of amides is 1. The number of hydrogen-bond donors (Lipinski definition) is 1. The van der Waals surface area contributed by atoms with Crippen LogP contribution in [-0.2, 0) is 24.1 Å². The summed E-state index contributed by atoms with van der Waals surface area (Å²) in [5.41, 5.74) is -2.16. The minimum atomic E-state index is -4.58. The van der Waals surface area contributed by atoms with Crippen molar-refractivity contribution in [1.82, 2.24) is 9.13 Å². The van der Waals surface area contributed by atoms with Gasteiger partial charge in [0, 0.05) is 11.3 Å². The number of halogens is 4. The van der Waals surface area contributed by atoms with E-state index in [1.54, 1.807) is 11.4 Å². The molecule has 0 aliphatic rings. The Kier molecular flexibility index (Phi) is 5.90. The van der Waals surface area contributed by atoms with Crippen molar-refractivity contribution in [1.29, 1.82) is 0 Å². The largest absolute Gasteiger partial charge is 0.416 e. The van der Waals surface area contributed by atoms with Crippen LogP contribution in [0.1, 0.15) is 11.1 Å². The molecule has 0 fully saturated rings. The number of benzene rings is 2. The number of nitrogens with one attached hydrogen (secondary N) is 1. The lowest BCUT2D eigenvalue weighted by Crippen LogP contribution is -2.41. The van der Waals surface area contributed by atoms with Gasteiger partial charge in [-0.2, -0.15) is 13.2 Å². The number of alkyl halides is 3. The van der Waals surface area contributed by atoms with E-state index in [1.807, 2.05) is 0 Å². The molecule has 0 atom stereocenters. The fraction of sp³-hybridized carbons (Fsp3) is 0.136. The van der Waals surface area contributed by atoms with Gasteiger partial charge in [-0.1, -0.05) is 24.3 Å². The number of anilines is 1. The van der Waals surface area contributed by atoms with Crippen molar-refractivity contribution in [2.24, 2.45) is 0 Å². The average Bonchev–Trinajstić information content (AvgIpc) is 3.25. The Bertz CT molecular complexity index is 1470. The Morgan fingerprint density at radius 2 is 1.76 bits per heavy atom. The lowest BCUT2D eigenvalue weighted by Gasteiger charge is -2.13. The minimum Gasteiger partial charge on any atom is -0.325 e. The smallest absolute Gasteiger partial charge is 0.325 e. The summed E-state index contributed by atoms with van der Waals surface area (Å²) in [4.78, 5) is 38.5. The third-order valence-electron chi connectivity index (χ3n) is 4.90. The van der Waals surface area contributed by atoms with Crippen molar-refractivity contribution in [2.45, 2.75) is 19.3 Å². The summed E-state index contributed by atoms with van der Waals surface area (Å²) >= 11 is 1.06. The molecule has 0 bridgehead atoms. The number of thiophene rings is 1. The molecule has 4 rings (SSSR count). The van der Waals surface area contributed by atoms with Gasteiger partial charge in [-0.05, 0) is 35.7 Å². The molecule has 0 spiro atoms. The van der Waals surface area contributed by atoms with Crippen molar-refractivity contribution >= 4 is 33.1 Å². The highest BCUT2D eigenvalue weighted by Crippen LogP contribution is 2.30. The SMILES string of the molecule is O=C(Cn1c(=O)n(Cc2ccccc2F)c(=O)c2sccc21)Nc1cccc(C(F)(F)F)c1. The zero-order chi connectivity index (χ0) is 23.8. The molecule has 11 heteroatoms. The Balaban J connectivity index is 1.69. The first-order chi connectivity index (χ1) is 15.6. The Labute approximate surface area is 187 Å². The van der Waals surface area contributed by atoms with Crippen molar-refractivity contribution in [3.05, 3.63) is 97.8 Å². The van der Waals surface area contributed by atoms with Crippen LogP contribution in [0.5, 0.6) is 0 Å². The minimum absolute atomic E-state index is 0.0934. The van der Waals surface area contributed by atoms with E-state index in [2.05, 4.69) is 5.32 Å². The van der Waals surface area contributed by atoms with Gasteiger partial charge in [0.15, 0.2) is 0 Å². The van der Waals surface area contributed by atoms with Gasteiger partial charge in [0.1, 0.15) is 17.1 Å². The van der Waals surface area contributed by atoms with Gasteiger partial charge in [-0.15, -0.1) is 11.3 Å². The third kappa shape index (κ3) is 4.58. The van der Waals surface area contributed by atoms with E-state index in [0.29, 0.717) is 0 Å². The molecular formula is C22H15F4N3O3S. The van der Waals surface area contributed by atoms with Crippen molar-refractivity contribution < 1.29 is 22.4 Å². The van der Waals surface area contributed by atoms with E-state index in [1.165, 1.54) is 30.3 Å². The van der Waals surface area contributed by atoms with Gasteiger partial charge in [-0.25, -0.2) is 9.18 Å². The summed E-state index contributed by atoms with van der Waals surface area (Å²) in [5, 5.41) is 3.91. The molecule has 0 aliphatic heterocycles. The average molecular weight is 477 g/mol. The maximum Gasteiger partial charge on any atom is 0.416 e. The molecule has 0 aliphatic carbocycles. The quantitative estimate of drug-likeness (QED) is 0.441. The molecule has 170 valence electrons. The van der Waals surface area contributed by atoms with Crippen LogP contribution in [-0.4, -0.2) is 15.0 Å². The molecule has 6 nitrogen and oxygen atoms in total. The number of fused-ring (bicyclic) bond motifs is 1. The first-order valence-corrected chi connectivity index (χ1v) is 10.4. The monoisotopic (exact) mass is 477 g/mol. The third-order valence-corrected chi connectivity index (χ3v) is 5.79. The lowest BCUT2D eigenvalue weighted by molar-refractivity contribution is -0.137. The summed E-state index contributed by atoms with van der Waals surface area (Å²) in [6, 6.07) is 11.2. The van der Waals surface area contributed by atoms with Gasteiger partial charge >= 0.3 is 11.9 Å². The van der Waals surface area contributed by atoms with Crippen LogP contribution in [0.25, 0.3) is 10.2 Å². The number of hydrogen-bond acceptors (Lipinski definition) is 4. The highest BCUT2D eigenvalue weighted by molar-refractivity contribution is 7.17. The van der Waals surface area contributed by atoms with Gasteiger partial charge in [0.05, 0.1) is 17.6 Å². The van der Waals surface area contributed by atoms with Crippen LogP contribution in [0.15, 0.2) is 69.6 Å². The summed E-state index contributed by atoms with van der Waals surface area (Å²) in [6.07, 6.45) is -4.58. The molecule has 33 heavy (non-hydrogen) atoms. The summed E-state index contributed by atoms with van der Waals surface area (Å²) in [5.74, 6) is -1.36. The van der Waals surface area contributed by atoms with Crippen LogP contribution < -0.4 is 16.6 Å². The molecule has 2 aromatic heterocycles. The van der Waals surface area contributed by atoms with Gasteiger partial charge in [-0.3, -0.25) is 18.7 Å². The Morgan fingerprint density at radius 1 is 1.00 bits per heavy atom. The molecule has 0 saturated heterocycles. The number of aromatic nitrogens is 2. The highest BCUT2D eigenvalue weighted by atomic mass is 32.1. The van der Waals surface area contributed by atoms with Gasteiger partial charge in [0.25, 0.3) is 5.56 Å². The van der Waals surface area contributed by atoms with Crippen molar-refractivity contribution in [3.63, 3.8) is 0 Å². The van der Waals surface area contributed by atoms with E-state index in [-0.39, 0.29) is 28.0 Å². The molecule has 1 N–H and O–H groups in total.